The second kappa shape index (κ2) is 3.84. The maximum Gasteiger partial charge on any atom is 0.270 e. The van der Waals surface area contributed by atoms with Gasteiger partial charge in [0.15, 0.2) is 0 Å². The van der Waals surface area contributed by atoms with E-state index in [0.717, 1.165) is 37.4 Å². The molecule has 1 aromatic rings. The molecule has 1 amide bonds. The van der Waals surface area contributed by atoms with Crippen LogP contribution in [-0.2, 0) is 0 Å². The lowest BCUT2D eigenvalue weighted by atomic mass is 10.2. The van der Waals surface area contributed by atoms with Gasteiger partial charge in [-0.1, -0.05) is 0 Å². The van der Waals surface area contributed by atoms with E-state index < -0.39 is 0 Å². The highest BCUT2D eigenvalue weighted by Crippen LogP contribution is 2.08. The molecule has 2 N–H and O–H groups in total. The fourth-order valence-corrected chi connectivity index (χ4v) is 1.70. The Morgan fingerprint density at radius 2 is 2.14 bits per heavy atom. The summed E-state index contributed by atoms with van der Waals surface area (Å²) >= 11 is 0. The number of carbonyl (C=O) groups excluding carboxylic acids is 1. The first-order chi connectivity index (χ1) is 6.79. The third-order valence-electron chi connectivity index (χ3n) is 2.57. The van der Waals surface area contributed by atoms with Crippen LogP contribution in [0.4, 0.5) is 0 Å². The Morgan fingerprint density at radius 3 is 2.71 bits per heavy atom. The molecule has 14 heavy (non-hydrogen) atoms. The zero-order chi connectivity index (χ0) is 9.97. The van der Waals surface area contributed by atoms with Gasteiger partial charge in [0.2, 0.25) is 0 Å². The van der Waals surface area contributed by atoms with E-state index in [2.05, 4.69) is 10.3 Å². The molecule has 4 nitrogen and oxygen atoms in total. The second-order valence-corrected chi connectivity index (χ2v) is 3.58. The van der Waals surface area contributed by atoms with Crippen LogP contribution in [0.2, 0.25) is 0 Å². The molecule has 0 unspecified atom stereocenters. The van der Waals surface area contributed by atoms with Crippen LogP contribution in [0.1, 0.15) is 16.1 Å². The largest absolute Gasteiger partial charge is 0.357 e. The first kappa shape index (κ1) is 9.27. The number of aromatic nitrogens is 1. The number of piperazine rings is 1. The van der Waals surface area contributed by atoms with Gasteiger partial charge in [0.05, 0.1) is 0 Å². The Morgan fingerprint density at radius 1 is 1.43 bits per heavy atom. The molecule has 0 radical (unpaired) electrons. The molecule has 1 saturated heterocycles. The van der Waals surface area contributed by atoms with Gasteiger partial charge in [-0.05, 0) is 18.6 Å². The van der Waals surface area contributed by atoms with Crippen LogP contribution in [-0.4, -0.2) is 42.0 Å². The quantitative estimate of drug-likeness (QED) is 0.677. The van der Waals surface area contributed by atoms with Gasteiger partial charge in [-0.25, -0.2) is 0 Å². The van der Waals surface area contributed by atoms with Crippen molar-refractivity contribution in [3.05, 3.63) is 23.5 Å². The van der Waals surface area contributed by atoms with E-state index in [9.17, 15) is 4.79 Å². The predicted molar refractivity (Wildman–Crippen MR) is 54.3 cm³/mol. The van der Waals surface area contributed by atoms with Gasteiger partial charge < -0.3 is 15.2 Å². The minimum absolute atomic E-state index is 0.119. The van der Waals surface area contributed by atoms with Crippen molar-refractivity contribution >= 4 is 5.91 Å². The van der Waals surface area contributed by atoms with Crippen LogP contribution in [0.3, 0.4) is 0 Å². The lowest BCUT2D eigenvalue weighted by Crippen LogP contribution is -2.46. The maximum absolute atomic E-state index is 11.9. The van der Waals surface area contributed by atoms with Crippen LogP contribution in [0.5, 0.6) is 0 Å². The molecule has 0 bridgehead atoms. The normalized spacial score (nSPS) is 17.1. The van der Waals surface area contributed by atoms with Crippen molar-refractivity contribution < 1.29 is 4.79 Å². The number of hydrogen-bond donors (Lipinski definition) is 2. The van der Waals surface area contributed by atoms with Gasteiger partial charge in [-0.15, -0.1) is 0 Å². The van der Waals surface area contributed by atoms with Crippen LogP contribution in [0.15, 0.2) is 12.3 Å². The number of carbonyl (C=O) groups is 1. The maximum atomic E-state index is 11.9. The summed E-state index contributed by atoms with van der Waals surface area (Å²) in [6, 6.07) is 1.93. The topological polar surface area (TPSA) is 48.1 Å². The van der Waals surface area contributed by atoms with Crippen molar-refractivity contribution in [2.45, 2.75) is 6.92 Å². The van der Waals surface area contributed by atoms with E-state index in [1.54, 1.807) is 0 Å². The molecule has 76 valence electrons. The van der Waals surface area contributed by atoms with Crippen LogP contribution in [0.25, 0.3) is 0 Å². The molecule has 0 aromatic carbocycles. The standard InChI is InChI=1S/C10H15N3O/c1-8-2-3-12-9(8)10(14)13-6-4-11-5-7-13/h2-3,11-12H,4-7H2,1H3. The molecule has 1 aliphatic rings. The van der Waals surface area contributed by atoms with Gasteiger partial charge in [0, 0.05) is 32.4 Å². The van der Waals surface area contributed by atoms with Crippen molar-refractivity contribution in [1.82, 2.24) is 15.2 Å². The van der Waals surface area contributed by atoms with Crippen molar-refractivity contribution in [3.8, 4) is 0 Å². The Bertz CT molecular complexity index is 326. The van der Waals surface area contributed by atoms with Crippen molar-refractivity contribution in [1.29, 1.82) is 0 Å². The second-order valence-electron chi connectivity index (χ2n) is 3.58. The molecular weight excluding hydrogens is 178 g/mol. The van der Waals surface area contributed by atoms with Crippen molar-refractivity contribution in [2.24, 2.45) is 0 Å². The van der Waals surface area contributed by atoms with E-state index in [4.69, 9.17) is 0 Å². The van der Waals surface area contributed by atoms with E-state index in [0.29, 0.717) is 0 Å². The highest BCUT2D eigenvalue weighted by molar-refractivity contribution is 5.93. The molecule has 0 atom stereocenters. The van der Waals surface area contributed by atoms with Gasteiger partial charge in [0.25, 0.3) is 5.91 Å². The predicted octanol–water partition coefficient (Wildman–Crippen LogP) is 0.369. The van der Waals surface area contributed by atoms with Gasteiger partial charge in [-0.2, -0.15) is 0 Å². The van der Waals surface area contributed by atoms with Crippen molar-refractivity contribution in [2.75, 3.05) is 26.2 Å². The number of nitrogens with zero attached hydrogens (tertiary/aromatic N) is 1. The Hall–Kier alpha value is -1.29. The van der Waals surface area contributed by atoms with Crippen LogP contribution in [0, 0.1) is 6.92 Å². The van der Waals surface area contributed by atoms with E-state index in [-0.39, 0.29) is 5.91 Å². The number of amides is 1. The third-order valence-corrected chi connectivity index (χ3v) is 2.57. The average Bonchev–Trinajstić information content (AvgIpc) is 2.65. The molecule has 0 aliphatic carbocycles. The van der Waals surface area contributed by atoms with E-state index >= 15 is 0 Å². The zero-order valence-electron chi connectivity index (χ0n) is 8.34. The highest BCUT2D eigenvalue weighted by atomic mass is 16.2. The minimum atomic E-state index is 0.119. The molecule has 0 spiro atoms. The number of H-pyrrole nitrogens is 1. The fraction of sp³-hybridized carbons (Fsp3) is 0.500. The summed E-state index contributed by atoms with van der Waals surface area (Å²) in [7, 11) is 0. The highest BCUT2D eigenvalue weighted by Gasteiger charge is 2.19. The molecule has 1 aliphatic heterocycles. The fourth-order valence-electron chi connectivity index (χ4n) is 1.70. The number of nitrogens with one attached hydrogen (secondary N) is 2. The van der Waals surface area contributed by atoms with E-state index in [1.807, 2.05) is 24.1 Å². The number of aryl methyl sites for hydroxylation is 1. The Balaban J connectivity index is 2.11. The lowest BCUT2D eigenvalue weighted by molar-refractivity contribution is 0.0730. The first-order valence-corrected chi connectivity index (χ1v) is 4.93. The molecule has 0 saturated carbocycles. The first-order valence-electron chi connectivity index (χ1n) is 4.93. The molecule has 2 rings (SSSR count). The minimum Gasteiger partial charge on any atom is -0.357 e. The summed E-state index contributed by atoms with van der Waals surface area (Å²) in [5.41, 5.74) is 1.75. The molecule has 1 fully saturated rings. The summed E-state index contributed by atoms with van der Waals surface area (Å²) in [6.07, 6.45) is 1.81. The van der Waals surface area contributed by atoms with Gasteiger partial charge in [-0.3, -0.25) is 4.79 Å². The molecule has 2 heterocycles. The summed E-state index contributed by atoms with van der Waals surface area (Å²) in [6.45, 7) is 5.34. The zero-order valence-corrected chi connectivity index (χ0v) is 8.34. The Kier molecular flexibility index (Phi) is 2.54. The molecule has 1 aromatic heterocycles. The summed E-state index contributed by atoms with van der Waals surface area (Å²) in [5.74, 6) is 0.119. The lowest BCUT2D eigenvalue weighted by Gasteiger charge is -2.27. The number of aromatic amines is 1. The van der Waals surface area contributed by atoms with Crippen LogP contribution < -0.4 is 5.32 Å². The molecule has 4 heteroatoms. The summed E-state index contributed by atoms with van der Waals surface area (Å²) in [4.78, 5) is 16.8. The van der Waals surface area contributed by atoms with Gasteiger partial charge >= 0.3 is 0 Å². The number of hydrogen-bond acceptors (Lipinski definition) is 2. The number of rotatable bonds is 1. The third kappa shape index (κ3) is 1.65. The SMILES string of the molecule is Cc1cc[nH]c1C(=O)N1CCNCC1. The van der Waals surface area contributed by atoms with E-state index in [1.165, 1.54) is 0 Å². The monoisotopic (exact) mass is 193 g/mol. The van der Waals surface area contributed by atoms with Crippen LogP contribution >= 0.6 is 0 Å². The Labute approximate surface area is 83.3 Å². The van der Waals surface area contributed by atoms with Crippen molar-refractivity contribution in [3.63, 3.8) is 0 Å². The van der Waals surface area contributed by atoms with Gasteiger partial charge in [0.1, 0.15) is 5.69 Å². The average molecular weight is 193 g/mol. The summed E-state index contributed by atoms with van der Waals surface area (Å²) in [5, 5.41) is 3.23. The summed E-state index contributed by atoms with van der Waals surface area (Å²) < 4.78 is 0. The smallest absolute Gasteiger partial charge is 0.270 e. The molecular formula is C10H15N3O.